The van der Waals surface area contributed by atoms with Crippen molar-refractivity contribution in [1.82, 2.24) is 9.80 Å². The molecule has 1 saturated carbocycles. The maximum Gasteiger partial charge on any atom is 0.227 e. The fourth-order valence-corrected chi connectivity index (χ4v) is 8.61. The number of aliphatic hydroxyl groups is 1. The van der Waals surface area contributed by atoms with Crippen molar-refractivity contribution in [2.24, 2.45) is 0 Å². The smallest absolute Gasteiger partial charge is 0.227 e. The number of hydrogen-bond donors (Lipinski definition) is 1. The lowest BCUT2D eigenvalue weighted by molar-refractivity contribution is -0.199. The molecular formula is C33H34Cl2N2O3. The van der Waals surface area contributed by atoms with Gasteiger partial charge in [0.2, 0.25) is 5.91 Å². The molecule has 4 aliphatic rings. The van der Waals surface area contributed by atoms with Crippen LogP contribution in [0.4, 0.5) is 0 Å². The molecule has 2 aliphatic carbocycles. The Bertz CT molecular complexity index is 1470. The zero-order chi connectivity index (χ0) is 27.6. The standard InChI is InChI=1S/C33H34Cl2N2O3/c1-36(29(38)19-22-10-11-24(34)25(35)18-22)26-12-14-33(39)28-20-23-8-5-9-27-30(23)32(33,31(26)40-27)15-17-37(28)16-13-21-6-3-2-4-7-21/h2-11,18,26,28,31,39H,12-17,19-20H2,1H3/t26-,28-,31+,32+,33-/m1/s1. The summed E-state index contributed by atoms with van der Waals surface area (Å²) in [6, 6.07) is 22.2. The Labute approximate surface area is 245 Å². The Morgan fingerprint density at radius 2 is 1.88 bits per heavy atom. The summed E-state index contributed by atoms with van der Waals surface area (Å²) in [6.45, 7) is 1.82. The zero-order valence-corrected chi connectivity index (χ0v) is 24.2. The Balaban J connectivity index is 1.19. The number of likely N-dealkylation sites (N-methyl/N-ethyl adjacent to an activating group) is 1. The number of nitrogens with zero attached hydrogens (tertiary/aromatic N) is 2. The highest BCUT2D eigenvalue weighted by atomic mass is 35.5. The van der Waals surface area contributed by atoms with Crippen molar-refractivity contribution in [3.8, 4) is 5.75 Å². The molecule has 2 bridgehead atoms. The van der Waals surface area contributed by atoms with Gasteiger partial charge in [0.25, 0.3) is 0 Å². The van der Waals surface area contributed by atoms with Crippen molar-refractivity contribution < 1.29 is 14.6 Å². The lowest BCUT2D eigenvalue weighted by Gasteiger charge is -2.64. The monoisotopic (exact) mass is 576 g/mol. The van der Waals surface area contributed by atoms with Crippen LogP contribution in [0.25, 0.3) is 0 Å². The van der Waals surface area contributed by atoms with Gasteiger partial charge < -0.3 is 14.7 Å². The van der Waals surface area contributed by atoms with Gasteiger partial charge in [-0.3, -0.25) is 9.69 Å². The Kier molecular flexibility index (Phi) is 6.43. The number of piperidine rings is 1. The second-order valence-electron chi connectivity index (χ2n) is 12.0. The third-order valence-corrected chi connectivity index (χ3v) is 10.9. The van der Waals surface area contributed by atoms with Crippen molar-refractivity contribution in [3.05, 3.63) is 99.0 Å². The predicted octanol–water partition coefficient (Wildman–Crippen LogP) is 5.46. The van der Waals surface area contributed by atoms with E-state index in [1.165, 1.54) is 16.7 Å². The molecule has 5 atom stereocenters. The first kappa shape index (κ1) is 26.3. The van der Waals surface area contributed by atoms with Gasteiger partial charge in [0.05, 0.1) is 33.5 Å². The molecule has 3 aromatic carbocycles. The Morgan fingerprint density at radius 3 is 2.67 bits per heavy atom. The fraction of sp³-hybridized carbons (Fsp3) is 0.424. The van der Waals surface area contributed by atoms with E-state index in [2.05, 4.69) is 47.4 Å². The van der Waals surface area contributed by atoms with E-state index in [-0.39, 0.29) is 30.5 Å². The highest BCUT2D eigenvalue weighted by molar-refractivity contribution is 6.42. The average Bonchev–Trinajstić information content (AvgIpc) is 3.29. The molecule has 2 aliphatic heterocycles. The SMILES string of the molecule is CN(C(=O)Cc1ccc(Cl)c(Cl)c1)[C@@H]1CC[C@@]2(O)[C@H]3Cc4cccc5c4[C@@]2(CCN3CCc2ccccc2)[C@H]1O5. The summed E-state index contributed by atoms with van der Waals surface area (Å²) < 4.78 is 6.77. The van der Waals surface area contributed by atoms with Crippen LogP contribution in [0, 0.1) is 0 Å². The number of halogens is 2. The number of carbonyl (C=O) groups is 1. The van der Waals surface area contributed by atoms with Crippen LogP contribution in [0.1, 0.15) is 41.5 Å². The number of likely N-dealkylation sites (tertiary alicyclic amines) is 1. The maximum absolute atomic E-state index is 13.6. The van der Waals surface area contributed by atoms with Gasteiger partial charge in [0.1, 0.15) is 11.9 Å². The number of hydrogen-bond acceptors (Lipinski definition) is 4. The molecule has 2 heterocycles. The van der Waals surface area contributed by atoms with Crippen molar-refractivity contribution >= 4 is 29.1 Å². The van der Waals surface area contributed by atoms with Gasteiger partial charge in [-0.1, -0.05) is 71.7 Å². The summed E-state index contributed by atoms with van der Waals surface area (Å²) >= 11 is 12.3. The van der Waals surface area contributed by atoms with Crippen LogP contribution in [0.5, 0.6) is 5.75 Å². The average molecular weight is 578 g/mol. The predicted molar refractivity (Wildman–Crippen MR) is 157 cm³/mol. The number of rotatable bonds is 6. The molecule has 7 heteroatoms. The Morgan fingerprint density at radius 1 is 1.05 bits per heavy atom. The van der Waals surface area contributed by atoms with E-state index < -0.39 is 11.0 Å². The third kappa shape index (κ3) is 3.85. The maximum atomic E-state index is 13.6. The van der Waals surface area contributed by atoms with Gasteiger partial charge in [-0.25, -0.2) is 0 Å². The molecule has 5 nitrogen and oxygen atoms in total. The molecule has 0 radical (unpaired) electrons. The van der Waals surface area contributed by atoms with Gasteiger partial charge in [-0.05, 0) is 73.5 Å². The molecule has 40 heavy (non-hydrogen) atoms. The van der Waals surface area contributed by atoms with Crippen molar-refractivity contribution in [1.29, 1.82) is 0 Å². The summed E-state index contributed by atoms with van der Waals surface area (Å²) in [5, 5.41) is 13.7. The summed E-state index contributed by atoms with van der Waals surface area (Å²) in [5.41, 5.74) is 3.20. The molecule has 1 spiro atoms. The number of amides is 1. The van der Waals surface area contributed by atoms with Gasteiger partial charge in [-0.15, -0.1) is 0 Å². The summed E-state index contributed by atoms with van der Waals surface area (Å²) in [6.07, 6.45) is 3.88. The van der Waals surface area contributed by atoms with E-state index in [9.17, 15) is 9.90 Å². The second kappa shape index (κ2) is 9.77. The summed E-state index contributed by atoms with van der Waals surface area (Å²) in [5.74, 6) is 0.895. The highest BCUT2D eigenvalue weighted by Crippen LogP contribution is 2.64. The molecule has 7 rings (SSSR count). The minimum atomic E-state index is -0.906. The van der Waals surface area contributed by atoms with E-state index in [1.807, 2.05) is 24.1 Å². The Hall–Kier alpha value is -2.57. The van der Waals surface area contributed by atoms with E-state index in [0.717, 1.165) is 43.7 Å². The van der Waals surface area contributed by atoms with Crippen LogP contribution in [0.15, 0.2) is 66.7 Å². The molecular weight excluding hydrogens is 543 g/mol. The fourth-order valence-electron chi connectivity index (χ4n) is 8.29. The van der Waals surface area contributed by atoms with Crippen molar-refractivity contribution in [2.75, 3.05) is 20.1 Å². The molecule has 0 aromatic heterocycles. The van der Waals surface area contributed by atoms with Crippen LogP contribution in [-0.4, -0.2) is 64.7 Å². The van der Waals surface area contributed by atoms with E-state index in [0.29, 0.717) is 22.9 Å². The normalized spacial score (nSPS) is 29.9. The molecule has 1 amide bonds. The molecule has 208 valence electrons. The van der Waals surface area contributed by atoms with Crippen LogP contribution >= 0.6 is 23.2 Å². The number of benzene rings is 3. The number of ether oxygens (including phenoxy) is 1. The molecule has 3 aromatic rings. The molecule has 2 fully saturated rings. The van der Waals surface area contributed by atoms with Crippen molar-refractivity contribution in [2.45, 2.75) is 67.7 Å². The first-order valence-corrected chi connectivity index (χ1v) is 15.1. The van der Waals surface area contributed by atoms with Gasteiger partial charge in [0.15, 0.2) is 0 Å². The zero-order valence-electron chi connectivity index (χ0n) is 22.7. The lowest BCUT2D eigenvalue weighted by Crippen LogP contribution is -2.78. The van der Waals surface area contributed by atoms with E-state index in [4.69, 9.17) is 27.9 Å². The van der Waals surface area contributed by atoms with Crippen LogP contribution in [0.3, 0.4) is 0 Å². The molecule has 0 unspecified atom stereocenters. The summed E-state index contributed by atoms with van der Waals surface area (Å²) in [7, 11) is 1.88. The first-order chi connectivity index (χ1) is 19.3. The largest absolute Gasteiger partial charge is 0.487 e. The molecule has 1 saturated heterocycles. The molecule has 1 N–H and O–H groups in total. The lowest BCUT2D eigenvalue weighted by atomic mass is 9.48. The summed E-state index contributed by atoms with van der Waals surface area (Å²) in [4.78, 5) is 18.0. The van der Waals surface area contributed by atoms with Crippen molar-refractivity contribution in [3.63, 3.8) is 0 Å². The topological polar surface area (TPSA) is 53.0 Å². The van der Waals surface area contributed by atoms with Gasteiger partial charge >= 0.3 is 0 Å². The van der Waals surface area contributed by atoms with Crippen LogP contribution in [-0.2, 0) is 29.5 Å². The first-order valence-electron chi connectivity index (χ1n) is 14.3. The highest BCUT2D eigenvalue weighted by Gasteiger charge is 2.72. The minimum Gasteiger partial charge on any atom is -0.487 e. The van der Waals surface area contributed by atoms with Crippen LogP contribution in [0.2, 0.25) is 10.0 Å². The number of carbonyl (C=O) groups excluding carboxylic acids is 1. The van der Waals surface area contributed by atoms with E-state index in [1.54, 1.807) is 12.1 Å². The second-order valence-corrected chi connectivity index (χ2v) is 12.8. The van der Waals surface area contributed by atoms with Gasteiger partial charge in [0, 0.05) is 25.2 Å². The third-order valence-electron chi connectivity index (χ3n) is 10.2. The minimum absolute atomic E-state index is 0.0117. The van der Waals surface area contributed by atoms with Gasteiger partial charge in [-0.2, -0.15) is 0 Å². The quantitative estimate of drug-likeness (QED) is 0.423. The van der Waals surface area contributed by atoms with E-state index >= 15 is 0 Å². The van der Waals surface area contributed by atoms with Crippen LogP contribution < -0.4 is 4.74 Å².